The third-order valence-corrected chi connectivity index (χ3v) is 11.8. The Morgan fingerprint density at radius 2 is 0.468 bits per heavy atom. The Bertz CT molecular complexity index is 3230. The SMILES string of the molecule is Fc1cc(-c2ccc(-c3cc(F)c(F)c(F)c3)c3c2-c2ccc4c5c(ccc-3c25)-c2c-4c(-c3cc(F)c(F)c(F)c3)c3ccccc3c2-c2cc(F)c(F)c(F)c2)cc(F)c1F. The minimum atomic E-state index is -1.72. The molecular weight excluding hydrogens is 829 g/mol. The van der Waals surface area contributed by atoms with E-state index in [2.05, 4.69) is 0 Å². The zero-order chi connectivity index (χ0) is 43.2. The largest absolute Gasteiger partial charge is 0.204 e. The smallest absolute Gasteiger partial charge is 0.194 e. The van der Waals surface area contributed by atoms with Gasteiger partial charge in [0.1, 0.15) is 0 Å². The average molecular weight is 847 g/mol. The summed E-state index contributed by atoms with van der Waals surface area (Å²) in [5.41, 5.74) is 3.02. The maximum Gasteiger partial charge on any atom is 0.194 e. The quantitative estimate of drug-likeness (QED) is 0.122. The van der Waals surface area contributed by atoms with Crippen LogP contribution in [0.25, 0.3) is 111 Å². The van der Waals surface area contributed by atoms with Gasteiger partial charge in [-0.1, -0.05) is 60.7 Å². The minimum absolute atomic E-state index is 0.106. The van der Waals surface area contributed by atoms with Gasteiger partial charge in [0.15, 0.2) is 69.8 Å². The van der Waals surface area contributed by atoms with Gasteiger partial charge in [-0.3, -0.25) is 0 Å². The molecule has 0 saturated carbocycles. The molecule has 0 fully saturated rings. The van der Waals surface area contributed by atoms with Crippen LogP contribution >= 0.6 is 0 Å². The third kappa shape index (κ3) is 5.06. The van der Waals surface area contributed by atoms with Crippen LogP contribution in [0.15, 0.2) is 109 Å². The highest BCUT2D eigenvalue weighted by Gasteiger charge is 2.37. The Morgan fingerprint density at radius 3 is 0.758 bits per heavy atom. The molecule has 0 N–H and O–H groups in total. The number of hydrogen-bond acceptors (Lipinski definition) is 0. The molecule has 0 aliphatic heterocycles. The summed E-state index contributed by atoms with van der Waals surface area (Å²) < 4.78 is 178. The Labute approximate surface area is 341 Å². The Morgan fingerprint density at radius 1 is 0.226 bits per heavy atom. The molecule has 11 rings (SSSR count). The standard InChI is InChI=1S/C50H18F12/c51-31-11-19(12-32(52)47(31)59)23-5-6-24(20-13-33(53)48(60)34(54)14-20)42-28-8-10-30-44-29(9-7-27(41(23)42)43(28)44)45-39(21-15-35(55)49(61)36(56)16-21)25-3-1-2-4-26(25)40(46(30)45)22-17-37(57)50(62)38(58)18-22/h1-18H. The van der Waals surface area contributed by atoms with Crippen molar-refractivity contribution in [3.05, 3.63) is 179 Å². The predicted molar refractivity (Wildman–Crippen MR) is 212 cm³/mol. The van der Waals surface area contributed by atoms with Gasteiger partial charge in [0, 0.05) is 0 Å². The average Bonchev–Trinajstić information content (AvgIpc) is 3.76. The summed E-state index contributed by atoms with van der Waals surface area (Å²) in [5, 5.41) is 1.51. The van der Waals surface area contributed by atoms with E-state index < -0.39 is 69.8 Å². The van der Waals surface area contributed by atoms with Crippen molar-refractivity contribution >= 4 is 21.5 Å². The molecule has 0 heterocycles. The molecule has 0 saturated heterocycles. The molecule has 62 heavy (non-hydrogen) atoms. The molecule has 0 atom stereocenters. The van der Waals surface area contributed by atoms with Gasteiger partial charge in [-0.25, -0.2) is 52.7 Å². The van der Waals surface area contributed by atoms with Crippen LogP contribution < -0.4 is 0 Å². The van der Waals surface area contributed by atoms with Crippen LogP contribution in [0.5, 0.6) is 0 Å². The Kier molecular flexibility index (Phi) is 7.94. The lowest BCUT2D eigenvalue weighted by molar-refractivity contribution is 0.447. The monoisotopic (exact) mass is 846 g/mol. The Hall–Kier alpha value is -7.34. The second kappa shape index (κ2) is 13.1. The molecule has 0 bridgehead atoms. The van der Waals surface area contributed by atoms with Gasteiger partial charge in [-0.2, -0.15) is 0 Å². The van der Waals surface area contributed by atoms with Crippen LogP contribution in [0.3, 0.4) is 0 Å². The van der Waals surface area contributed by atoms with Gasteiger partial charge in [0.05, 0.1) is 0 Å². The fourth-order valence-corrected chi connectivity index (χ4v) is 9.37. The zero-order valence-electron chi connectivity index (χ0n) is 30.9. The van der Waals surface area contributed by atoms with Gasteiger partial charge in [0.25, 0.3) is 0 Å². The topological polar surface area (TPSA) is 0 Å². The van der Waals surface area contributed by atoms with Gasteiger partial charge < -0.3 is 0 Å². The van der Waals surface area contributed by atoms with Crippen molar-refractivity contribution in [2.24, 2.45) is 0 Å². The van der Waals surface area contributed by atoms with E-state index in [1.165, 1.54) is 12.1 Å². The van der Waals surface area contributed by atoms with Crippen molar-refractivity contribution in [3.8, 4) is 89.0 Å². The van der Waals surface area contributed by atoms with E-state index in [9.17, 15) is 35.1 Å². The summed E-state index contributed by atoms with van der Waals surface area (Å²) in [7, 11) is 0. The van der Waals surface area contributed by atoms with Crippen LogP contribution in [-0.2, 0) is 0 Å². The Balaban J connectivity index is 1.30. The van der Waals surface area contributed by atoms with Crippen molar-refractivity contribution in [1.29, 1.82) is 0 Å². The zero-order valence-corrected chi connectivity index (χ0v) is 30.9. The molecule has 9 aromatic carbocycles. The highest BCUT2D eigenvalue weighted by atomic mass is 19.2. The summed E-state index contributed by atoms with van der Waals surface area (Å²) in [6, 6.07) is 22.1. The van der Waals surface area contributed by atoms with Gasteiger partial charge in [-0.15, -0.1) is 0 Å². The van der Waals surface area contributed by atoms with Gasteiger partial charge >= 0.3 is 0 Å². The maximum absolute atomic E-state index is 15.1. The van der Waals surface area contributed by atoms with Crippen molar-refractivity contribution in [3.63, 3.8) is 0 Å². The predicted octanol–water partition coefficient (Wildman–Crippen LogP) is 15.6. The number of hydrogen-bond donors (Lipinski definition) is 0. The first-order chi connectivity index (χ1) is 29.7. The third-order valence-electron chi connectivity index (χ3n) is 11.8. The van der Waals surface area contributed by atoms with E-state index in [1.807, 2.05) is 0 Å². The van der Waals surface area contributed by atoms with Crippen molar-refractivity contribution in [2.75, 3.05) is 0 Å². The minimum Gasteiger partial charge on any atom is -0.204 e. The molecule has 2 aliphatic carbocycles. The first-order valence-corrected chi connectivity index (χ1v) is 18.7. The van der Waals surface area contributed by atoms with E-state index in [0.717, 1.165) is 48.5 Å². The number of fused-ring (bicyclic) bond motifs is 7. The molecule has 0 nitrogen and oxygen atoms in total. The number of halogens is 12. The van der Waals surface area contributed by atoms with Gasteiger partial charge in [0.2, 0.25) is 0 Å². The van der Waals surface area contributed by atoms with E-state index >= 15 is 17.6 Å². The molecule has 0 unspecified atom stereocenters. The summed E-state index contributed by atoms with van der Waals surface area (Å²) in [5.74, 6) is -18.9. The molecule has 302 valence electrons. The highest BCUT2D eigenvalue weighted by Crippen LogP contribution is 2.63. The first kappa shape index (κ1) is 37.6. The molecule has 0 aromatic heterocycles. The van der Waals surface area contributed by atoms with Crippen molar-refractivity contribution in [1.82, 2.24) is 0 Å². The molecule has 9 aromatic rings. The van der Waals surface area contributed by atoms with Crippen LogP contribution in [-0.4, -0.2) is 0 Å². The van der Waals surface area contributed by atoms with Crippen LogP contribution in [0.2, 0.25) is 0 Å². The van der Waals surface area contributed by atoms with Crippen LogP contribution in [0, 0.1) is 69.8 Å². The van der Waals surface area contributed by atoms with Crippen LogP contribution in [0.4, 0.5) is 52.7 Å². The second-order valence-corrected chi connectivity index (χ2v) is 15.0. The molecule has 0 amide bonds. The second-order valence-electron chi connectivity index (χ2n) is 15.0. The molecular formula is C50H18F12. The molecule has 2 aliphatic rings. The van der Waals surface area contributed by atoms with E-state index in [4.69, 9.17) is 0 Å². The summed E-state index contributed by atoms with van der Waals surface area (Å²) >= 11 is 0. The fraction of sp³-hybridized carbons (Fsp3) is 0. The first-order valence-electron chi connectivity index (χ1n) is 18.7. The van der Waals surface area contributed by atoms with E-state index in [1.54, 1.807) is 48.5 Å². The summed E-state index contributed by atoms with van der Waals surface area (Å²) in [4.78, 5) is 0. The highest BCUT2D eigenvalue weighted by molar-refractivity contribution is 6.33. The van der Waals surface area contributed by atoms with Crippen LogP contribution in [0.1, 0.15) is 0 Å². The number of rotatable bonds is 4. The van der Waals surface area contributed by atoms with Crippen molar-refractivity contribution < 1.29 is 52.7 Å². The summed E-state index contributed by atoms with van der Waals surface area (Å²) in [6.07, 6.45) is 0. The molecule has 0 radical (unpaired) electrons. The lowest BCUT2D eigenvalue weighted by Gasteiger charge is -2.21. The summed E-state index contributed by atoms with van der Waals surface area (Å²) in [6.45, 7) is 0. The maximum atomic E-state index is 15.1. The van der Waals surface area contributed by atoms with Crippen molar-refractivity contribution in [2.45, 2.75) is 0 Å². The van der Waals surface area contributed by atoms with E-state index in [0.29, 0.717) is 43.8 Å². The normalized spacial score (nSPS) is 12.2. The van der Waals surface area contributed by atoms with Gasteiger partial charge in [-0.05, 0) is 159 Å². The fourth-order valence-electron chi connectivity index (χ4n) is 9.37. The van der Waals surface area contributed by atoms with E-state index in [-0.39, 0.29) is 66.8 Å². The molecule has 12 heteroatoms. The lowest BCUT2D eigenvalue weighted by Crippen LogP contribution is -1.98. The lowest BCUT2D eigenvalue weighted by atomic mass is 9.82. The number of benzene rings is 9. The molecule has 0 spiro atoms.